The lowest BCUT2D eigenvalue weighted by atomic mass is 10.2. The molecule has 2 aromatic carbocycles. The molecule has 10 nitrogen and oxygen atoms in total. The number of amides is 1. The fraction of sp³-hybridized carbons (Fsp3) is 0.143. The third-order valence-electron chi connectivity index (χ3n) is 4.68. The molecule has 1 amide bonds. The number of hydrogen-bond acceptors (Lipinski definition) is 7. The Morgan fingerprint density at radius 3 is 2.58 bits per heavy atom. The number of nitrogens with zero attached hydrogens (tertiary/aromatic N) is 5. The van der Waals surface area contributed by atoms with E-state index in [1.807, 2.05) is 0 Å². The minimum absolute atomic E-state index is 0.0391. The van der Waals surface area contributed by atoms with Gasteiger partial charge in [0, 0.05) is 18.1 Å². The molecule has 168 valence electrons. The maximum absolute atomic E-state index is 13.3. The maximum Gasteiger partial charge on any atom is 0.352 e. The van der Waals surface area contributed by atoms with Gasteiger partial charge < -0.3 is 9.84 Å². The lowest BCUT2D eigenvalue weighted by Gasteiger charge is -2.09. The summed E-state index contributed by atoms with van der Waals surface area (Å²) in [7, 11) is 0. The molecule has 0 radical (unpaired) electrons. The maximum atomic E-state index is 13.3. The Kier molecular flexibility index (Phi) is 6.13. The normalized spacial score (nSPS) is 10.9. The van der Waals surface area contributed by atoms with Crippen LogP contribution in [0, 0.1) is 5.82 Å². The van der Waals surface area contributed by atoms with Gasteiger partial charge in [-0.05, 0) is 42.8 Å². The lowest BCUT2D eigenvalue weighted by Crippen LogP contribution is -2.41. The van der Waals surface area contributed by atoms with E-state index in [9.17, 15) is 18.8 Å². The van der Waals surface area contributed by atoms with Crippen molar-refractivity contribution in [3.05, 3.63) is 91.7 Å². The highest BCUT2D eigenvalue weighted by Crippen LogP contribution is 2.15. The SMILES string of the molecule is CCn1c(=O)c(-c2noc(C(=O)NCc3ccccc3Cl)n2)nn(-c2ccc(F)cc2)c1=O. The van der Waals surface area contributed by atoms with Gasteiger partial charge in [0.15, 0.2) is 5.69 Å². The standard InChI is InChI=1S/C21H16ClFN6O4/c1-2-28-20(31)16(26-29(21(28)32)14-9-7-13(23)8-10-14)17-25-19(33-27-17)18(30)24-11-12-5-3-4-6-15(12)22/h3-10H,2,11H2,1H3,(H,24,30). The number of rotatable bonds is 6. The molecule has 0 saturated heterocycles. The average Bonchev–Trinajstić information content (AvgIpc) is 3.30. The molecule has 0 fully saturated rings. The molecule has 0 aliphatic carbocycles. The summed E-state index contributed by atoms with van der Waals surface area (Å²) in [5, 5.41) is 10.8. The van der Waals surface area contributed by atoms with E-state index in [1.54, 1.807) is 31.2 Å². The van der Waals surface area contributed by atoms with Crippen molar-refractivity contribution < 1.29 is 13.7 Å². The first-order valence-corrected chi connectivity index (χ1v) is 10.1. The summed E-state index contributed by atoms with van der Waals surface area (Å²) in [4.78, 5) is 41.8. The van der Waals surface area contributed by atoms with Gasteiger partial charge in [0.2, 0.25) is 5.82 Å². The summed E-state index contributed by atoms with van der Waals surface area (Å²) >= 11 is 6.07. The van der Waals surface area contributed by atoms with Crippen LogP contribution >= 0.6 is 11.6 Å². The molecule has 2 heterocycles. The Bertz CT molecular complexity index is 1440. The zero-order valence-corrected chi connectivity index (χ0v) is 17.9. The van der Waals surface area contributed by atoms with E-state index in [0.29, 0.717) is 10.6 Å². The van der Waals surface area contributed by atoms with E-state index in [2.05, 4.69) is 20.6 Å². The van der Waals surface area contributed by atoms with Crippen LogP contribution in [0.25, 0.3) is 17.2 Å². The molecule has 0 aliphatic heterocycles. The van der Waals surface area contributed by atoms with Crippen LogP contribution in [0.2, 0.25) is 5.02 Å². The average molecular weight is 471 g/mol. The van der Waals surface area contributed by atoms with Gasteiger partial charge in [0.1, 0.15) is 5.82 Å². The van der Waals surface area contributed by atoms with Crippen LogP contribution in [-0.4, -0.2) is 30.4 Å². The third kappa shape index (κ3) is 4.44. The van der Waals surface area contributed by atoms with Gasteiger partial charge in [-0.2, -0.15) is 14.8 Å². The minimum atomic E-state index is -0.760. The molecule has 4 aromatic rings. The van der Waals surface area contributed by atoms with Crippen LogP contribution in [0.3, 0.4) is 0 Å². The Labute approximate surface area is 190 Å². The van der Waals surface area contributed by atoms with Crippen molar-refractivity contribution in [3.8, 4) is 17.2 Å². The van der Waals surface area contributed by atoms with Crippen molar-refractivity contribution in [1.82, 2.24) is 29.8 Å². The number of benzene rings is 2. The molecule has 0 saturated carbocycles. The third-order valence-corrected chi connectivity index (χ3v) is 5.05. The summed E-state index contributed by atoms with van der Waals surface area (Å²) in [6, 6.07) is 12.0. The van der Waals surface area contributed by atoms with Gasteiger partial charge >= 0.3 is 17.5 Å². The number of nitrogens with one attached hydrogen (secondary N) is 1. The van der Waals surface area contributed by atoms with Crippen molar-refractivity contribution in [2.45, 2.75) is 20.0 Å². The molecule has 4 rings (SSSR count). The van der Waals surface area contributed by atoms with Gasteiger partial charge in [-0.15, -0.1) is 0 Å². The van der Waals surface area contributed by atoms with Crippen molar-refractivity contribution in [1.29, 1.82) is 0 Å². The van der Waals surface area contributed by atoms with Gasteiger partial charge in [-0.3, -0.25) is 14.2 Å². The van der Waals surface area contributed by atoms with Crippen LogP contribution in [0.15, 0.2) is 62.6 Å². The zero-order chi connectivity index (χ0) is 23.5. The molecule has 2 aromatic heterocycles. The van der Waals surface area contributed by atoms with Gasteiger partial charge in [-0.25, -0.2) is 9.18 Å². The minimum Gasteiger partial charge on any atom is -0.344 e. The first kappa shape index (κ1) is 22.1. The van der Waals surface area contributed by atoms with Gasteiger partial charge in [0.05, 0.1) is 5.69 Å². The number of carbonyl (C=O) groups is 1. The second-order valence-electron chi connectivity index (χ2n) is 6.77. The highest BCUT2D eigenvalue weighted by atomic mass is 35.5. The van der Waals surface area contributed by atoms with Crippen LogP contribution in [0.1, 0.15) is 23.2 Å². The molecular formula is C21H16ClFN6O4. The second-order valence-corrected chi connectivity index (χ2v) is 7.17. The largest absolute Gasteiger partial charge is 0.352 e. The Morgan fingerprint density at radius 1 is 1.15 bits per heavy atom. The molecule has 0 unspecified atom stereocenters. The van der Waals surface area contributed by atoms with E-state index >= 15 is 0 Å². The van der Waals surface area contributed by atoms with Crippen molar-refractivity contribution in [2.24, 2.45) is 0 Å². The topological polar surface area (TPSA) is 125 Å². The van der Waals surface area contributed by atoms with Gasteiger partial charge in [-0.1, -0.05) is 35.0 Å². The smallest absolute Gasteiger partial charge is 0.344 e. The van der Waals surface area contributed by atoms with E-state index in [-0.39, 0.29) is 30.3 Å². The summed E-state index contributed by atoms with van der Waals surface area (Å²) in [5.74, 6) is -1.86. The van der Waals surface area contributed by atoms with Crippen LogP contribution in [0.4, 0.5) is 4.39 Å². The Morgan fingerprint density at radius 2 is 1.88 bits per heavy atom. The highest BCUT2D eigenvalue weighted by Gasteiger charge is 2.22. The van der Waals surface area contributed by atoms with Crippen molar-refractivity contribution in [2.75, 3.05) is 0 Å². The fourth-order valence-electron chi connectivity index (χ4n) is 2.99. The van der Waals surface area contributed by atoms with E-state index in [4.69, 9.17) is 16.1 Å². The number of halogens is 2. The molecule has 0 aliphatic rings. The predicted molar refractivity (Wildman–Crippen MR) is 116 cm³/mol. The quantitative estimate of drug-likeness (QED) is 0.458. The first-order chi connectivity index (χ1) is 15.9. The molecule has 0 bridgehead atoms. The molecule has 33 heavy (non-hydrogen) atoms. The lowest BCUT2D eigenvalue weighted by molar-refractivity contribution is 0.0907. The molecule has 0 atom stereocenters. The Hall–Kier alpha value is -4.12. The number of hydrogen-bond donors (Lipinski definition) is 1. The molecule has 1 N–H and O–H groups in total. The number of carbonyl (C=O) groups excluding carboxylic acids is 1. The monoisotopic (exact) mass is 470 g/mol. The summed E-state index contributed by atoms with van der Waals surface area (Å²) in [6.45, 7) is 1.76. The Balaban J connectivity index is 1.67. The van der Waals surface area contributed by atoms with Gasteiger partial charge in [0.25, 0.3) is 5.56 Å². The van der Waals surface area contributed by atoms with Crippen molar-refractivity contribution >= 4 is 17.5 Å². The number of aromatic nitrogens is 5. The van der Waals surface area contributed by atoms with Crippen LogP contribution in [-0.2, 0) is 13.1 Å². The summed E-state index contributed by atoms with van der Waals surface area (Å²) in [6.07, 6.45) is 0. The van der Waals surface area contributed by atoms with E-state index in [1.165, 1.54) is 12.1 Å². The first-order valence-electron chi connectivity index (χ1n) is 9.75. The summed E-state index contributed by atoms with van der Waals surface area (Å²) < 4.78 is 20.1. The van der Waals surface area contributed by atoms with Crippen LogP contribution in [0.5, 0.6) is 0 Å². The summed E-state index contributed by atoms with van der Waals surface area (Å²) in [5.41, 5.74) is -0.879. The highest BCUT2D eigenvalue weighted by molar-refractivity contribution is 6.31. The fourth-order valence-corrected chi connectivity index (χ4v) is 3.19. The molecule has 0 spiro atoms. The molecular weight excluding hydrogens is 455 g/mol. The van der Waals surface area contributed by atoms with E-state index in [0.717, 1.165) is 21.4 Å². The zero-order valence-electron chi connectivity index (χ0n) is 17.2. The van der Waals surface area contributed by atoms with Crippen LogP contribution < -0.4 is 16.6 Å². The second kappa shape index (κ2) is 9.17. The van der Waals surface area contributed by atoms with Crippen molar-refractivity contribution in [3.63, 3.8) is 0 Å². The van der Waals surface area contributed by atoms with E-state index < -0.39 is 28.9 Å². The predicted octanol–water partition coefficient (Wildman–Crippen LogP) is 2.19. The molecule has 12 heteroatoms.